The minimum atomic E-state index is -4.65. The summed E-state index contributed by atoms with van der Waals surface area (Å²) in [6, 6.07) is -1.06. The van der Waals surface area contributed by atoms with Gasteiger partial charge in [-0.15, -0.1) is 0 Å². The molecule has 10 heteroatoms. The summed E-state index contributed by atoms with van der Waals surface area (Å²) in [7, 11) is 1.13. The van der Waals surface area contributed by atoms with Crippen LogP contribution >= 0.6 is 7.82 Å². The lowest BCUT2D eigenvalue weighted by Gasteiger charge is -2.31. The highest BCUT2D eigenvalue weighted by molar-refractivity contribution is 7.45. The van der Waals surface area contributed by atoms with Crippen molar-refractivity contribution in [1.29, 1.82) is 0 Å². The predicted octanol–water partition coefficient (Wildman–Crippen LogP) is 9.75. The number of carbonyl (C=O) groups excluding carboxylic acids is 1. The topological polar surface area (TPSA) is 128 Å². The van der Waals surface area contributed by atoms with Gasteiger partial charge in [0, 0.05) is 6.42 Å². The molecule has 0 aliphatic carbocycles. The lowest BCUT2D eigenvalue weighted by Crippen LogP contribution is -2.51. The van der Waals surface area contributed by atoms with Gasteiger partial charge in [0.25, 0.3) is 7.82 Å². The summed E-state index contributed by atoms with van der Waals surface area (Å²) in [5, 5.41) is 24.6. The van der Waals surface area contributed by atoms with Crippen molar-refractivity contribution >= 4 is 13.7 Å². The first-order chi connectivity index (χ1) is 24.4. The summed E-state index contributed by atoms with van der Waals surface area (Å²) in [5.74, 6) is -0.276. The molecule has 0 saturated heterocycles. The number of unbranched alkanes of at least 4 members (excludes halogenated alkanes) is 25. The predicted molar refractivity (Wildman–Crippen MR) is 212 cm³/mol. The highest BCUT2D eigenvalue weighted by atomic mass is 31.2. The number of phosphoric acid groups is 1. The van der Waals surface area contributed by atoms with Crippen LogP contribution < -0.4 is 10.2 Å². The number of hydrogen-bond donors (Lipinski definition) is 3. The maximum absolute atomic E-state index is 12.9. The van der Waals surface area contributed by atoms with Crippen molar-refractivity contribution < 1.29 is 38.0 Å². The molecule has 4 atom stereocenters. The fraction of sp³-hybridized carbons (Fsp3) is 0.976. The molecule has 9 nitrogen and oxygen atoms in total. The number of nitrogens with zero attached hydrogens (tertiary/aromatic N) is 1. The van der Waals surface area contributed by atoms with E-state index in [4.69, 9.17) is 9.05 Å². The average Bonchev–Trinajstić information content (AvgIpc) is 3.07. The van der Waals surface area contributed by atoms with Crippen LogP contribution in [0, 0.1) is 0 Å². The minimum Gasteiger partial charge on any atom is -0.756 e. The second-order valence-electron chi connectivity index (χ2n) is 16.2. The molecule has 0 heterocycles. The number of amides is 1. The second kappa shape index (κ2) is 34.0. The molecule has 0 saturated carbocycles. The van der Waals surface area contributed by atoms with Gasteiger partial charge in [-0.25, -0.2) is 0 Å². The minimum absolute atomic E-state index is 0.0371. The van der Waals surface area contributed by atoms with Crippen LogP contribution in [0.5, 0.6) is 0 Å². The maximum atomic E-state index is 12.9. The average molecular weight is 749 g/mol. The van der Waals surface area contributed by atoms with E-state index in [-0.39, 0.29) is 18.9 Å². The zero-order valence-corrected chi connectivity index (χ0v) is 35.1. The van der Waals surface area contributed by atoms with E-state index in [1.807, 2.05) is 21.1 Å². The number of rotatable bonds is 39. The van der Waals surface area contributed by atoms with Crippen molar-refractivity contribution in [2.24, 2.45) is 0 Å². The molecule has 0 aromatic rings. The molecule has 51 heavy (non-hydrogen) atoms. The molecule has 3 N–H and O–H groups in total. The fourth-order valence-electron chi connectivity index (χ4n) is 6.43. The van der Waals surface area contributed by atoms with E-state index in [1.165, 1.54) is 135 Å². The highest BCUT2D eigenvalue weighted by Gasteiger charge is 2.29. The number of nitrogens with one attached hydrogen (secondary N) is 1. The highest BCUT2D eigenvalue weighted by Crippen LogP contribution is 2.38. The van der Waals surface area contributed by atoms with E-state index in [2.05, 4.69) is 19.2 Å². The number of carbonyl (C=O) groups is 1. The summed E-state index contributed by atoms with van der Waals surface area (Å²) in [4.78, 5) is 25.3. The third-order valence-corrected chi connectivity index (χ3v) is 10.9. The Morgan fingerprint density at radius 1 is 0.627 bits per heavy atom. The summed E-state index contributed by atoms with van der Waals surface area (Å²) in [5.41, 5.74) is 0. The van der Waals surface area contributed by atoms with Crippen LogP contribution in [0.1, 0.15) is 200 Å². The summed E-state index contributed by atoms with van der Waals surface area (Å²) < 4.78 is 23.1. The molecular formula is C41H85N2O7P. The Labute approximate surface area is 315 Å². The molecule has 0 aromatic heterocycles. The van der Waals surface area contributed by atoms with Crippen LogP contribution in [0.15, 0.2) is 0 Å². The van der Waals surface area contributed by atoms with Crippen molar-refractivity contribution in [3.8, 4) is 0 Å². The largest absolute Gasteiger partial charge is 0.756 e. The van der Waals surface area contributed by atoms with Crippen molar-refractivity contribution in [3.63, 3.8) is 0 Å². The van der Waals surface area contributed by atoms with Crippen molar-refractivity contribution in [2.75, 3.05) is 40.9 Å². The lowest BCUT2D eigenvalue weighted by atomic mass is 9.99. The molecule has 4 unspecified atom stereocenters. The number of likely N-dealkylation sites (N-methyl/N-ethyl adjacent to an activating group) is 1. The number of quaternary nitrogens is 1. The second-order valence-corrected chi connectivity index (χ2v) is 17.6. The molecule has 0 fully saturated rings. The van der Waals surface area contributed by atoms with Crippen LogP contribution in [0.3, 0.4) is 0 Å². The molecular weight excluding hydrogens is 663 g/mol. The summed E-state index contributed by atoms with van der Waals surface area (Å²) in [6.45, 7) is 4.44. The smallest absolute Gasteiger partial charge is 0.268 e. The summed E-state index contributed by atoms with van der Waals surface area (Å²) in [6.07, 6.45) is 31.3. The Morgan fingerprint density at radius 2 is 1.00 bits per heavy atom. The molecule has 306 valence electrons. The third kappa shape index (κ3) is 34.9. The van der Waals surface area contributed by atoms with Gasteiger partial charge in [0.2, 0.25) is 5.91 Å². The SMILES string of the molecule is CCCCCCCCCCCCCCCCCC(=O)NC(COP(=O)([O-])OCC[N+](C)(C)C)C(O)C(O)CCCCCCCCCCCCCC. The molecule has 0 bridgehead atoms. The fourth-order valence-corrected chi connectivity index (χ4v) is 7.15. The van der Waals surface area contributed by atoms with Crippen LogP contribution in [-0.2, 0) is 18.4 Å². The van der Waals surface area contributed by atoms with Crippen LogP contribution in [-0.4, -0.2) is 79.8 Å². The number of aliphatic hydroxyl groups is 2. The standard InChI is InChI=1S/C41H85N2O7P/c1-6-8-10-12-14-16-18-20-21-22-24-26-28-30-32-34-40(45)42-38(37-50-51(47,48)49-36-35-43(3,4)5)41(46)39(44)33-31-29-27-25-23-19-17-15-13-11-9-7-2/h38-39,41,44,46H,6-37H2,1-5H3,(H-,42,45,47,48). The van der Waals surface area contributed by atoms with Gasteiger partial charge in [-0.2, -0.15) is 0 Å². The third-order valence-electron chi connectivity index (χ3n) is 9.94. The lowest BCUT2D eigenvalue weighted by molar-refractivity contribution is -0.870. The van der Waals surface area contributed by atoms with Crippen LogP contribution in [0.2, 0.25) is 0 Å². The molecule has 0 aromatic carbocycles. The van der Waals surface area contributed by atoms with E-state index in [0.29, 0.717) is 17.4 Å². The van der Waals surface area contributed by atoms with E-state index in [0.717, 1.165) is 38.5 Å². The Balaban J connectivity index is 4.50. The van der Waals surface area contributed by atoms with E-state index >= 15 is 0 Å². The number of aliphatic hydroxyl groups excluding tert-OH is 2. The molecule has 0 aliphatic rings. The Hall–Kier alpha value is -0.540. The van der Waals surface area contributed by atoms with Gasteiger partial charge in [0.05, 0.1) is 39.9 Å². The number of hydrogen-bond acceptors (Lipinski definition) is 7. The van der Waals surface area contributed by atoms with E-state index in [1.54, 1.807) is 0 Å². The monoisotopic (exact) mass is 749 g/mol. The Morgan fingerprint density at radius 3 is 1.39 bits per heavy atom. The van der Waals surface area contributed by atoms with Crippen LogP contribution in [0.25, 0.3) is 0 Å². The van der Waals surface area contributed by atoms with Gasteiger partial charge in [-0.1, -0.05) is 181 Å². The van der Waals surface area contributed by atoms with Gasteiger partial charge in [-0.05, 0) is 12.8 Å². The maximum Gasteiger partial charge on any atom is 0.268 e. The molecule has 1 amide bonds. The molecule has 0 aliphatic heterocycles. The van der Waals surface area contributed by atoms with E-state index < -0.39 is 32.7 Å². The van der Waals surface area contributed by atoms with Gasteiger partial charge in [0.1, 0.15) is 19.3 Å². The number of phosphoric ester groups is 1. The van der Waals surface area contributed by atoms with Gasteiger partial charge >= 0.3 is 0 Å². The zero-order valence-electron chi connectivity index (χ0n) is 34.2. The van der Waals surface area contributed by atoms with Crippen LogP contribution in [0.4, 0.5) is 0 Å². The normalized spacial score (nSPS) is 15.1. The first kappa shape index (κ1) is 50.5. The zero-order chi connectivity index (χ0) is 38.1. The quantitative estimate of drug-likeness (QED) is 0.0324. The van der Waals surface area contributed by atoms with Crippen molar-refractivity contribution in [3.05, 3.63) is 0 Å². The van der Waals surface area contributed by atoms with Gasteiger partial charge < -0.3 is 34.0 Å². The van der Waals surface area contributed by atoms with Crippen molar-refractivity contribution in [2.45, 2.75) is 218 Å². The van der Waals surface area contributed by atoms with Gasteiger partial charge in [0.15, 0.2) is 0 Å². The Bertz CT molecular complexity index is 826. The first-order valence-electron chi connectivity index (χ1n) is 21.5. The summed E-state index contributed by atoms with van der Waals surface area (Å²) >= 11 is 0. The molecule has 0 radical (unpaired) electrons. The molecule has 0 rings (SSSR count). The van der Waals surface area contributed by atoms with Crippen molar-refractivity contribution in [1.82, 2.24) is 5.32 Å². The molecule has 0 spiro atoms. The first-order valence-corrected chi connectivity index (χ1v) is 22.9. The van der Waals surface area contributed by atoms with Gasteiger partial charge in [-0.3, -0.25) is 9.36 Å². The van der Waals surface area contributed by atoms with E-state index in [9.17, 15) is 24.5 Å². The Kier molecular flexibility index (Phi) is 33.6.